The highest BCUT2D eigenvalue weighted by Gasteiger charge is 2.35. The molecule has 0 fully saturated rings. The molecule has 0 unspecified atom stereocenters. The van der Waals surface area contributed by atoms with Gasteiger partial charge < -0.3 is 43.6 Å². The highest BCUT2D eigenvalue weighted by Crippen LogP contribution is 2.28. The summed E-state index contributed by atoms with van der Waals surface area (Å²) in [6.45, 7) is 8.19. The van der Waals surface area contributed by atoms with E-state index in [1.165, 1.54) is 0 Å². The summed E-state index contributed by atoms with van der Waals surface area (Å²) in [6.07, 6.45) is 0. The van der Waals surface area contributed by atoms with Crippen molar-refractivity contribution in [3.63, 3.8) is 0 Å². The van der Waals surface area contributed by atoms with E-state index in [9.17, 15) is 9.59 Å². The highest BCUT2D eigenvalue weighted by molar-refractivity contribution is 9.14. The summed E-state index contributed by atoms with van der Waals surface area (Å²) in [5.74, 6) is -0.742. The van der Waals surface area contributed by atoms with E-state index in [1.807, 2.05) is 0 Å². The Labute approximate surface area is 229 Å². The predicted molar refractivity (Wildman–Crippen MR) is 137 cm³/mol. The maximum atomic E-state index is 11.8. The molecule has 0 aromatic rings. The van der Waals surface area contributed by atoms with Gasteiger partial charge in [0.25, 0.3) is 11.8 Å². The Hall–Kier alpha value is -0.520. The molecular formula is C22H38Br2N2O10. The van der Waals surface area contributed by atoms with E-state index in [0.717, 1.165) is 4.90 Å². The van der Waals surface area contributed by atoms with Gasteiger partial charge in [0.15, 0.2) is 0 Å². The zero-order valence-corrected chi connectivity index (χ0v) is 23.8. The molecule has 12 nitrogen and oxygen atoms in total. The standard InChI is InChI=1S/C22H38Br2N2O10/c23-19-20(24)22(28)26(21(19)27)2-4-30-6-8-32-10-12-34-14-16-36-18-17-35-15-13-33-11-9-31-7-5-29-3-1-25/h1-18,25H2. The van der Waals surface area contributed by atoms with E-state index >= 15 is 0 Å². The highest BCUT2D eigenvalue weighted by atomic mass is 79.9. The number of amides is 2. The zero-order valence-electron chi connectivity index (χ0n) is 20.6. The largest absolute Gasteiger partial charge is 0.378 e. The minimum atomic E-state index is -0.371. The Morgan fingerprint density at radius 3 is 1.00 bits per heavy atom. The van der Waals surface area contributed by atoms with Gasteiger partial charge in [-0.1, -0.05) is 0 Å². The lowest BCUT2D eigenvalue weighted by atomic mass is 10.5. The molecule has 1 aliphatic rings. The summed E-state index contributed by atoms with van der Waals surface area (Å²) >= 11 is 6.16. The number of hydrogen-bond donors (Lipinski definition) is 1. The lowest BCUT2D eigenvalue weighted by Crippen LogP contribution is -2.34. The first kappa shape index (κ1) is 33.5. The Morgan fingerprint density at radius 2 is 0.722 bits per heavy atom. The fourth-order valence-electron chi connectivity index (χ4n) is 2.60. The van der Waals surface area contributed by atoms with Crippen LogP contribution in [-0.4, -0.2) is 136 Å². The maximum absolute atomic E-state index is 11.8. The van der Waals surface area contributed by atoms with E-state index in [1.54, 1.807) is 0 Å². The van der Waals surface area contributed by atoms with Crippen LogP contribution in [0.3, 0.4) is 0 Å². The molecule has 2 amide bonds. The third kappa shape index (κ3) is 16.3. The number of ether oxygens (including phenoxy) is 8. The quantitative estimate of drug-likeness (QED) is 0.103. The number of rotatable bonds is 26. The van der Waals surface area contributed by atoms with Crippen molar-refractivity contribution in [3.8, 4) is 0 Å². The number of hydrogen-bond acceptors (Lipinski definition) is 11. The SMILES string of the molecule is NCCOCCOCCOCCOCCOCCOCCOCCOCCN1C(=O)C(Br)=C(Br)C1=O. The van der Waals surface area contributed by atoms with E-state index in [4.69, 9.17) is 43.6 Å². The fraction of sp³-hybridized carbons (Fsp3) is 0.818. The van der Waals surface area contributed by atoms with Crippen molar-refractivity contribution in [2.45, 2.75) is 0 Å². The van der Waals surface area contributed by atoms with Gasteiger partial charge in [-0.15, -0.1) is 0 Å². The molecule has 0 atom stereocenters. The van der Waals surface area contributed by atoms with E-state index in [2.05, 4.69) is 31.9 Å². The van der Waals surface area contributed by atoms with E-state index < -0.39 is 0 Å². The summed E-state index contributed by atoms with van der Waals surface area (Å²) in [6, 6.07) is 0. The van der Waals surface area contributed by atoms with Crippen molar-refractivity contribution in [2.75, 3.05) is 119 Å². The van der Waals surface area contributed by atoms with Crippen LogP contribution in [0, 0.1) is 0 Å². The Kier molecular flexibility index (Phi) is 22.0. The molecule has 36 heavy (non-hydrogen) atoms. The second-order valence-electron chi connectivity index (χ2n) is 7.08. The summed E-state index contributed by atoms with van der Waals surface area (Å²) < 4.78 is 43.4. The molecule has 0 aliphatic carbocycles. The van der Waals surface area contributed by atoms with Crippen molar-refractivity contribution in [2.24, 2.45) is 5.73 Å². The smallest absolute Gasteiger partial charge is 0.269 e. The minimum Gasteiger partial charge on any atom is -0.378 e. The number of carbonyl (C=O) groups is 2. The molecule has 1 rings (SSSR count). The summed E-state index contributed by atoms with van der Waals surface area (Å²) in [5, 5.41) is 0. The molecule has 1 heterocycles. The van der Waals surface area contributed by atoms with Crippen LogP contribution < -0.4 is 5.73 Å². The Morgan fingerprint density at radius 1 is 0.472 bits per heavy atom. The van der Waals surface area contributed by atoms with Crippen molar-refractivity contribution in [1.29, 1.82) is 0 Å². The monoisotopic (exact) mass is 648 g/mol. The predicted octanol–water partition coefficient (Wildman–Crippen LogP) is 0.448. The molecule has 0 saturated carbocycles. The molecule has 1 aliphatic heterocycles. The minimum absolute atomic E-state index is 0.187. The van der Waals surface area contributed by atoms with Gasteiger partial charge in [-0.25, -0.2) is 0 Å². The first-order valence-electron chi connectivity index (χ1n) is 11.8. The average Bonchev–Trinajstić information content (AvgIpc) is 3.06. The third-order valence-corrected chi connectivity index (χ3v) is 6.39. The average molecular weight is 650 g/mol. The normalized spacial score (nSPS) is 14.0. The first-order valence-corrected chi connectivity index (χ1v) is 13.4. The van der Waals surface area contributed by atoms with Crippen LogP contribution in [0.2, 0.25) is 0 Å². The van der Waals surface area contributed by atoms with Crippen LogP contribution in [0.5, 0.6) is 0 Å². The maximum Gasteiger partial charge on any atom is 0.269 e. The number of halogens is 2. The van der Waals surface area contributed by atoms with Gasteiger partial charge >= 0.3 is 0 Å². The molecule has 210 valence electrons. The molecule has 14 heteroatoms. The van der Waals surface area contributed by atoms with Gasteiger partial charge in [-0.2, -0.15) is 0 Å². The van der Waals surface area contributed by atoms with Crippen LogP contribution >= 0.6 is 31.9 Å². The molecule has 2 N–H and O–H groups in total. The lowest BCUT2D eigenvalue weighted by molar-refractivity contribution is -0.137. The first-order chi connectivity index (χ1) is 17.6. The van der Waals surface area contributed by atoms with Crippen LogP contribution in [0.25, 0.3) is 0 Å². The van der Waals surface area contributed by atoms with Crippen LogP contribution in [0.15, 0.2) is 8.96 Å². The van der Waals surface area contributed by atoms with Crippen molar-refractivity contribution in [1.82, 2.24) is 4.90 Å². The summed E-state index contributed by atoms with van der Waals surface area (Å²) in [7, 11) is 0. The van der Waals surface area contributed by atoms with Gasteiger partial charge in [0.1, 0.15) is 8.96 Å². The molecule has 0 spiro atoms. The molecule has 0 aromatic heterocycles. The topological polar surface area (TPSA) is 137 Å². The number of nitrogens with zero attached hydrogens (tertiary/aromatic N) is 1. The summed E-state index contributed by atoms with van der Waals surface area (Å²) in [4.78, 5) is 24.8. The molecule has 0 bridgehead atoms. The Bertz CT molecular complexity index is 604. The molecular weight excluding hydrogens is 612 g/mol. The van der Waals surface area contributed by atoms with Crippen molar-refractivity contribution >= 4 is 43.7 Å². The van der Waals surface area contributed by atoms with Crippen LogP contribution in [0.4, 0.5) is 0 Å². The summed E-state index contributed by atoms with van der Waals surface area (Å²) in [5.41, 5.74) is 5.31. The molecule has 0 radical (unpaired) electrons. The number of carbonyl (C=O) groups excluding carboxylic acids is 2. The molecule has 0 saturated heterocycles. The molecule has 0 aromatic carbocycles. The second kappa shape index (κ2) is 23.6. The van der Waals surface area contributed by atoms with Gasteiger partial charge in [-0.3, -0.25) is 14.5 Å². The third-order valence-electron chi connectivity index (χ3n) is 4.38. The second-order valence-corrected chi connectivity index (χ2v) is 8.66. The van der Waals surface area contributed by atoms with E-state index in [-0.39, 0.29) is 33.9 Å². The van der Waals surface area contributed by atoms with Gasteiger partial charge in [0.2, 0.25) is 0 Å². The van der Waals surface area contributed by atoms with E-state index in [0.29, 0.717) is 106 Å². The number of imide groups is 1. The van der Waals surface area contributed by atoms with Crippen LogP contribution in [0.1, 0.15) is 0 Å². The van der Waals surface area contributed by atoms with Gasteiger partial charge in [-0.05, 0) is 31.9 Å². The van der Waals surface area contributed by atoms with Crippen molar-refractivity contribution in [3.05, 3.63) is 8.96 Å². The lowest BCUT2D eigenvalue weighted by Gasteiger charge is -2.14. The van der Waals surface area contributed by atoms with Gasteiger partial charge in [0, 0.05) is 6.54 Å². The zero-order chi connectivity index (χ0) is 26.3. The Balaban J connectivity index is 1.71. The van der Waals surface area contributed by atoms with Crippen molar-refractivity contribution < 1.29 is 47.5 Å². The number of nitrogens with two attached hydrogens (primary N) is 1. The van der Waals surface area contributed by atoms with Gasteiger partial charge in [0.05, 0.1) is 112 Å². The van der Waals surface area contributed by atoms with Crippen LogP contribution in [-0.2, 0) is 47.5 Å². The fourth-order valence-corrected chi connectivity index (χ4v) is 3.37.